The average molecular weight is 349 g/mol. The molecule has 0 heterocycles. The highest BCUT2D eigenvalue weighted by atomic mass is 79.9. The molecule has 0 amide bonds. The van der Waals surface area contributed by atoms with E-state index in [1.165, 1.54) is 11.1 Å². The molecule has 0 bridgehead atoms. The number of hydrogen-bond donors (Lipinski definition) is 1. The van der Waals surface area contributed by atoms with Gasteiger partial charge in [-0.15, -0.1) is 0 Å². The number of benzene rings is 2. The van der Waals surface area contributed by atoms with Crippen molar-refractivity contribution in [3.63, 3.8) is 0 Å². The van der Waals surface area contributed by atoms with E-state index in [-0.39, 0.29) is 6.10 Å². The van der Waals surface area contributed by atoms with Crippen LogP contribution in [0, 0.1) is 6.92 Å². The lowest BCUT2D eigenvalue weighted by Crippen LogP contribution is -2.12. The number of halogens is 1. The first-order valence-electron chi connectivity index (χ1n) is 7.15. The van der Waals surface area contributed by atoms with Crippen molar-refractivity contribution in [1.82, 2.24) is 0 Å². The number of ether oxygens (including phenoxy) is 1. The molecular weight excluding hydrogens is 328 g/mol. The zero-order valence-electron chi connectivity index (χ0n) is 12.5. The van der Waals surface area contributed by atoms with E-state index >= 15 is 0 Å². The predicted molar refractivity (Wildman–Crippen MR) is 89.9 cm³/mol. The quantitative estimate of drug-likeness (QED) is 0.843. The van der Waals surface area contributed by atoms with Gasteiger partial charge in [-0.25, -0.2) is 0 Å². The number of aryl methyl sites for hydroxylation is 2. The van der Waals surface area contributed by atoms with E-state index in [4.69, 9.17) is 4.74 Å². The van der Waals surface area contributed by atoms with Crippen LogP contribution in [0.5, 0.6) is 5.75 Å². The molecule has 0 radical (unpaired) electrons. The minimum atomic E-state index is -0.329. The maximum Gasteiger partial charge on any atom is 0.133 e. The summed E-state index contributed by atoms with van der Waals surface area (Å²) >= 11 is 3.48. The smallest absolute Gasteiger partial charge is 0.133 e. The molecule has 0 saturated heterocycles. The van der Waals surface area contributed by atoms with Crippen LogP contribution < -0.4 is 4.74 Å². The van der Waals surface area contributed by atoms with E-state index in [0.717, 1.165) is 28.6 Å². The molecule has 2 rings (SSSR count). The van der Waals surface area contributed by atoms with Crippen LogP contribution in [-0.2, 0) is 12.8 Å². The summed E-state index contributed by atoms with van der Waals surface area (Å²) < 4.78 is 6.14. The summed E-state index contributed by atoms with van der Waals surface area (Å²) in [7, 11) is 1.65. The fourth-order valence-electron chi connectivity index (χ4n) is 2.42. The van der Waals surface area contributed by atoms with Gasteiger partial charge >= 0.3 is 0 Å². The van der Waals surface area contributed by atoms with Crippen LogP contribution in [0.1, 0.15) is 23.1 Å². The van der Waals surface area contributed by atoms with Gasteiger partial charge in [-0.3, -0.25) is 0 Å². The van der Waals surface area contributed by atoms with Gasteiger partial charge in [-0.05, 0) is 70.9 Å². The summed E-state index contributed by atoms with van der Waals surface area (Å²) in [6.45, 7) is 2.11. The van der Waals surface area contributed by atoms with Crippen LogP contribution in [0.15, 0.2) is 46.9 Å². The second kappa shape index (κ2) is 7.62. The Kier molecular flexibility index (Phi) is 5.83. The third-order valence-corrected chi connectivity index (χ3v) is 4.32. The number of methoxy groups -OCH3 is 1. The van der Waals surface area contributed by atoms with Crippen LogP contribution in [0.2, 0.25) is 0 Å². The number of rotatable bonds is 6. The lowest BCUT2D eigenvalue weighted by atomic mass is 9.99. The summed E-state index contributed by atoms with van der Waals surface area (Å²) in [6, 6.07) is 14.3. The summed E-state index contributed by atoms with van der Waals surface area (Å²) in [5.41, 5.74) is 3.71. The van der Waals surface area contributed by atoms with Crippen molar-refractivity contribution in [3.05, 3.63) is 63.6 Å². The fourth-order valence-corrected chi connectivity index (χ4v) is 3.01. The van der Waals surface area contributed by atoms with Crippen molar-refractivity contribution in [2.45, 2.75) is 32.3 Å². The summed E-state index contributed by atoms with van der Waals surface area (Å²) in [5.74, 6) is 0.813. The number of aliphatic hydroxyl groups is 1. The Morgan fingerprint density at radius 2 is 1.95 bits per heavy atom. The van der Waals surface area contributed by atoms with E-state index in [1.807, 2.05) is 24.3 Å². The molecule has 3 heteroatoms. The van der Waals surface area contributed by atoms with E-state index in [0.29, 0.717) is 6.42 Å². The molecule has 0 spiro atoms. The van der Waals surface area contributed by atoms with Crippen LogP contribution >= 0.6 is 15.9 Å². The first-order valence-corrected chi connectivity index (χ1v) is 7.94. The Morgan fingerprint density at radius 3 is 2.62 bits per heavy atom. The molecular formula is C18H21BrO2. The Balaban J connectivity index is 1.91. The van der Waals surface area contributed by atoms with Gasteiger partial charge in [0.1, 0.15) is 5.75 Å². The number of aliphatic hydroxyl groups excluding tert-OH is 1. The van der Waals surface area contributed by atoms with E-state index in [1.54, 1.807) is 7.11 Å². The van der Waals surface area contributed by atoms with Crippen LogP contribution in [0.4, 0.5) is 0 Å². The topological polar surface area (TPSA) is 29.5 Å². The van der Waals surface area contributed by atoms with Gasteiger partial charge in [0.05, 0.1) is 17.7 Å². The largest absolute Gasteiger partial charge is 0.496 e. The second-order valence-electron chi connectivity index (χ2n) is 5.29. The van der Waals surface area contributed by atoms with Crippen molar-refractivity contribution in [2.75, 3.05) is 7.11 Å². The molecule has 112 valence electrons. The van der Waals surface area contributed by atoms with Gasteiger partial charge in [0.2, 0.25) is 0 Å². The molecule has 0 aromatic heterocycles. The van der Waals surface area contributed by atoms with Crippen molar-refractivity contribution < 1.29 is 9.84 Å². The van der Waals surface area contributed by atoms with Gasteiger partial charge in [-0.1, -0.05) is 30.3 Å². The van der Waals surface area contributed by atoms with Gasteiger partial charge in [0.25, 0.3) is 0 Å². The molecule has 0 aliphatic heterocycles. The Hall–Kier alpha value is -1.32. The zero-order valence-corrected chi connectivity index (χ0v) is 14.1. The Morgan fingerprint density at radius 1 is 1.19 bits per heavy atom. The molecule has 2 aromatic rings. The standard InChI is InChI=1S/C18H21BrO2/c1-13-5-3-4-6-15(13)8-9-16(20)11-14-7-10-18(21-2)17(19)12-14/h3-7,10,12,16,20H,8-9,11H2,1-2H3. The van der Waals surface area contributed by atoms with Gasteiger partial charge in [0, 0.05) is 0 Å². The summed E-state index contributed by atoms with van der Waals surface area (Å²) in [5, 5.41) is 10.2. The molecule has 2 nitrogen and oxygen atoms in total. The third kappa shape index (κ3) is 4.58. The molecule has 0 saturated carbocycles. The predicted octanol–water partition coefficient (Wildman–Crippen LogP) is 4.30. The van der Waals surface area contributed by atoms with Gasteiger partial charge in [0.15, 0.2) is 0 Å². The minimum absolute atomic E-state index is 0.329. The van der Waals surface area contributed by atoms with Crippen LogP contribution in [0.3, 0.4) is 0 Å². The van der Waals surface area contributed by atoms with Crippen molar-refractivity contribution in [1.29, 1.82) is 0 Å². The van der Waals surface area contributed by atoms with Gasteiger partial charge in [-0.2, -0.15) is 0 Å². The SMILES string of the molecule is COc1ccc(CC(O)CCc2ccccc2C)cc1Br. The molecule has 2 aromatic carbocycles. The lowest BCUT2D eigenvalue weighted by Gasteiger charge is -2.13. The Bertz CT molecular complexity index is 596. The van der Waals surface area contributed by atoms with Crippen molar-refractivity contribution in [2.24, 2.45) is 0 Å². The van der Waals surface area contributed by atoms with Crippen molar-refractivity contribution >= 4 is 15.9 Å². The van der Waals surface area contributed by atoms with Crippen molar-refractivity contribution in [3.8, 4) is 5.75 Å². The minimum Gasteiger partial charge on any atom is -0.496 e. The first kappa shape index (κ1) is 16.1. The van der Waals surface area contributed by atoms with E-state index in [9.17, 15) is 5.11 Å². The lowest BCUT2D eigenvalue weighted by molar-refractivity contribution is 0.165. The third-order valence-electron chi connectivity index (χ3n) is 3.70. The highest BCUT2D eigenvalue weighted by Crippen LogP contribution is 2.26. The highest BCUT2D eigenvalue weighted by molar-refractivity contribution is 9.10. The van der Waals surface area contributed by atoms with Crippen LogP contribution in [0.25, 0.3) is 0 Å². The summed E-state index contributed by atoms with van der Waals surface area (Å²) in [6.07, 6.45) is 2.01. The van der Waals surface area contributed by atoms with E-state index in [2.05, 4.69) is 41.1 Å². The number of hydrogen-bond acceptors (Lipinski definition) is 2. The second-order valence-corrected chi connectivity index (χ2v) is 6.15. The fraction of sp³-hybridized carbons (Fsp3) is 0.333. The maximum atomic E-state index is 10.2. The maximum absolute atomic E-state index is 10.2. The normalized spacial score (nSPS) is 12.2. The zero-order chi connectivity index (χ0) is 15.2. The molecule has 1 unspecified atom stereocenters. The molecule has 0 aliphatic rings. The van der Waals surface area contributed by atoms with Crippen LogP contribution in [-0.4, -0.2) is 18.3 Å². The molecule has 21 heavy (non-hydrogen) atoms. The summed E-state index contributed by atoms with van der Waals surface area (Å²) in [4.78, 5) is 0. The van der Waals surface area contributed by atoms with Gasteiger partial charge < -0.3 is 9.84 Å². The first-order chi connectivity index (χ1) is 10.1. The molecule has 0 fully saturated rings. The molecule has 1 N–H and O–H groups in total. The van der Waals surface area contributed by atoms with E-state index < -0.39 is 0 Å². The monoisotopic (exact) mass is 348 g/mol. The highest BCUT2D eigenvalue weighted by Gasteiger charge is 2.09. The molecule has 1 atom stereocenters. The average Bonchev–Trinajstić information content (AvgIpc) is 2.46. The molecule has 0 aliphatic carbocycles. The Labute approximate surface area is 134 Å².